The predicted molar refractivity (Wildman–Crippen MR) is 76.0 cm³/mol. The first-order valence-corrected chi connectivity index (χ1v) is 6.51. The van der Waals surface area contributed by atoms with Crippen LogP contribution in [0.2, 0.25) is 0 Å². The zero-order chi connectivity index (χ0) is 17.9. The number of nitrogens with one attached hydrogen (secondary N) is 1. The van der Waals surface area contributed by atoms with Gasteiger partial charge in [0.2, 0.25) is 0 Å². The molecule has 24 heavy (non-hydrogen) atoms. The Labute approximate surface area is 133 Å². The van der Waals surface area contributed by atoms with Crippen LogP contribution in [0.4, 0.5) is 24.7 Å². The molecule has 0 atom stereocenters. The van der Waals surface area contributed by atoms with Gasteiger partial charge in [0.25, 0.3) is 5.91 Å². The smallest absolute Gasteiger partial charge is 0.433 e. The molecule has 1 N–H and O–H groups in total. The van der Waals surface area contributed by atoms with Gasteiger partial charge in [-0.05, 0) is 30.7 Å². The summed E-state index contributed by atoms with van der Waals surface area (Å²) in [6, 6.07) is 6.31. The maximum Gasteiger partial charge on any atom is 0.433 e. The highest BCUT2D eigenvalue weighted by molar-refractivity contribution is 6.03. The second kappa shape index (κ2) is 6.60. The van der Waals surface area contributed by atoms with Gasteiger partial charge in [-0.3, -0.25) is 14.9 Å². The summed E-state index contributed by atoms with van der Waals surface area (Å²) in [6.45, 7) is 0.119. The fourth-order valence-electron chi connectivity index (χ4n) is 1.74. The zero-order valence-corrected chi connectivity index (χ0v) is 12.2. The number of rotatable bonds is 5. The molecule has 2 aromatic rings. The van der Waals surface area contributed by atoms with E-state index in [0.717, 1.165) is 12.1 Å². The van der Waals surface area contributed by atoms with E-state index >= 15 is 0 Å². The highest BCUT2D eigenvalue weighted by atomic mass is 19.4. The Morgan fingerprint density at radius 3 is 2.62 bits per heavy atom. The van der Waals surface area contributed by atoms with Gasteiger partial charge >= 0.3 is 12.1 Å². The van der Waals surface area contributed by atoms with Crippen LogP contribution in [0.3, 0.4) is 0 Å². The van der Waals surface area contributed by atoms with E-state index in [4.69, 9.17) is 4.42 Å². The van der Waals surface area contributed by atoms with Crippen LogP contribution >= 0.6 is 0 Å². The second-order valence-electron chi connectivity index (χ2n) is 4.75. The molecule has 1 aromatic heterocycles. The number of carbonyl (C=O) groups is 1. The molecule has 1 heterocycles. The van der Waals surface area contributed by atoms with Crippen LogP contribution in [0.5, 0.6) is 5.75 Å². The number of aryl methyl sites for hydroxylation is 1. The first-order chi connectivity index (χ1) is 11.2. The van der Waals surface area contributed by atoms with Gasteiger partial charge in [-0.1, -0.05) is 6.07 Å². The van der Waals surface area contributed by atoms with Crippen LogP contribution in [-0.4, -0.2) is 23.6 Å². The molecule has 0 aliphatic rings. The van der Waals surface area contributed by atoms with Crippen molar-refractivity contribution in [3.05, 3.63) is 51.8 Å². The normalized spacial score (nSPS) is 11.2. The lowest BCUT2D eigenvalue weighted by Gasteiger charge is -2.14. The van der Waals surface area contributed by atoms with E-state index in [-0.39, 0.29) is 17.2 Å². The van der Waals surface area contributed by atoms with Crippen molar-refractivity contribution in [2.75, 3.05) is 11.9 Å². The third kappa shape index (κ3) is 4.48. The van der Waals surface area contributed by atoms with Crippen molar-refractivity contribution in [1.82, 2.24) is 0 Å². The molecule has 0 aliphatic carbocycles. The minimum atomic E-state index is -4.54. The number of anilines is 1. The number of ether oxygens (including phenoxy) is 1. The Morgan fingerprint density at radius 2 is 2.04 bits per heavy atom. The fraction of sp³-hybridized carbons (Fsp3) is 0.214. The molecular formula is C14H11F3N2O5. The quantitative estimate of drug-likeness (QED) is 0.659. The summed E-state index contributed by atoms with van der Waals surface area (Å²) in [5, 5.41) is 12.8. The molecule has 0 bridgehead atoms. The molecule has 0 unspecified atom stereocenters. The van der Waals surface area contributed by atoms with E-state index in [1.807, 2.05) is 0 Å². The summed E-state index contributed by atoms with van der Waals surface area (Å²) in [7, 11) is 0. The molecule has 0 saturated carbocycles. The van der Waals surface area contributed by atoms with Crippen LogP contribution in [0.15, 0.2) is 34.7 Å². The molecule has 0 aliphatic heterocycles. The average Bonchev–Trinajstić information content (AvgIpc) is 2.96. The minimum Gasteiger partial charge on any atom is -0.482 e. The summed E-state index contributed by atoms with van der Waals surface area (Å²) in [5.74, 6) is -2.02. The number of nitro groups is 1. The van der Waals surface area contributed by atoms with E-state index in [1.54, 1.807) is 13.0 Å². The van der Waals surface area contributed by atoms with E-state index in [9.17, 15) is 28.1 Å². The molecular weight excluding hydrogens is 333 g/mol. The Morgan fingerprint density at radius 1 is 1.33 bits per heavy atom. The monoisotopic (exact) mass is 344 g/mol. The maximum absolute atomic E-state index is 12.3. The number of nitrogens with zero attached hydrogens (tertiary/aromatic N) is 1. The SMILES string of the molecule is Cc1ccc(NC(=O)c2ccc([N+](=O)[O-])o2)c(OCC(F)(F)F)c1. The van der Waals surface area contributed by atoms with Crippen molar-refractivity contribution in [1.29, 1.82) is 0 Å². The van der Waals surface area contributed by atoms with Gasteiger partial charge in [0.1, 0.15) is 10.7 Å². The van der Waals surface area contributed by atoms with Crippen molar-refractivity contribution in [2.45, 2.75) is 13.1 Å². The number of furan rings is 1. The van der Waals surface area contributed by atoms with Crippen molar-refractivity contribution >= 4 is 17.5 Å². The van der Waals surface area contributed by atoms with Gasteiger partial charge in [0.05, 0.1) is 11.8 Å². The number of carbonyl (C=O) groups excluding carboxylic acids is 1. The van der Waals surface area contributed by atoms with Gasteiger partial charge in [-0.2, -0.15) is 13.2 Å². The van der Waals surface area contributed by atoms with Crippen LogP contribution < -0.4 is 10.1 Å². The highest BCUT2D eigenvalue weighted by Gasteiger charge is 2.29. The number of amides is 1. The zero-order valence-electron chi connectivity index (χ0n) is 12.2. The standard InChI is InChI=1S/C14H11F3N2O5/c1-8-2-3-9(11(6-8)23-7-14(15,16)17)18-13(20)10-4-5-12(24-10)19(21)22/h2-6H,7H2,1H3,(H,18,20). The van der Waals surface area contributed by atoms with E-state index in [2.05, 4.69) is 10.1 Å². The van der Waals surface area contributed by atoms with E-state index < -0.39 is 29.5 Å². The number of benzene rings is 1. The van der Waals surface area contributed by atoms with E-state index in [1.165, 1.54) is 12.1 Å². The topological polar surface area (TPSA) is 94.6 Å². The number of halogens is 3. The molecule has 0 spiro atoms. The molecule has 7 nitrogen and oxygen atoms in total. The van der Waals surface area contributed by atoms with Crippen LogP contribution in [0.25, 0.3) is 0 Å². The second-order valence-corrected chi connectivity index (χ2v) is 4.75. The summed E-state index contributed by atoms with van der Waals surface area (Å²) in [4.78, 5) is 21.7. The summed E-state index contributed by atoms with van der Waals surface area (Å²) >= 11 is 0. The fourth-order valence-corrected chi connectivity index (χ4v) is 1.74. The van der Waals surface area contributed by atoms with Gasteiger partial charge in [0.15, 0.2) is 12.4 Å². The summed E-state index contributed by atoms with van der Waals surface area (Å²) < 4.78 is 46.3. The van der Waals surface area contributed by atoms with Crippen molar-refractivity contribution < 1.29 is 32.0 Å². The number of hydrogen-bond acceptors (Lipinski definition) is 5. The average molecular weight is 344 g/mol. The highest BCUT2D eigenvalue weighted by Crippen LogP contribution is 2.28. The van der Waals surface area contributed by atoms with Gasteiger partial charge < -0.3 is 14.5 Å². The molecule has 0 radical (unpaired) electrons. The van der Waals surface area contributed by atoms with Crippen LogP contribution in [0, 0.1) is 17.0 Å². The summed E-state index contributed by atoms with van der Waals surface area (Å²) in [5.41, 5.74) is 0.604. The van der Waals surface area contributed by atoms with Crippen molar-refractivity contribution in [2.24, 2.45) is 0 Å². The summed E-state index contributed by atoms with van der Waals surface area (Å²) in [6.07, 6.45) is -4.54. The Balaban J connectivity index is 2.18. The van der Waals surface area contributed by atoms with Gasteiger partial charge in [-0.25, -0.2) is 0 Å². The lowest BCUT2D eigenvalue weighted by molar-refractivity contribution is -0.402. The number of hydrogen-bond donors (Lipinski definition) is 1. The van der Waals surface area contributed by atoms with Crippen molar-refractivity contribution in [3.63, 3.8) is 0 Å². The first kappa shape index (κ1) is 17.3. The minimum absolute atomic E-state index is 0.0195. The molecule has 1 aromatic carbocycles. The van der Waals surface area contributed by atoms with Crippen LogP contribution in [-0.2, 0) is 0 Å². The lowest BCUT2D eigenvalue weighted by Crippen LogP contribution is -2.20. The van der Waals surface area contributed by atoms with Gasteiger partial charge in [-0.15, -0.1) is 0 Å². The molecule has 0 fully saturated rings. The molecule has 1 amide bonds. The molecule has 10 heteroatoms. The predicted octanol–water partition coefficient (Wildman–Crippen LogP) is 3.69. The Bertz CT molecular complexity index is 770. The maximum atomic E-state index is 12.3. The van der Waals surface area contributed by atoms with E-state index in [0.29, 0.717) is 5.56 Å². The third-order valence-electron chi connectivity index (χ3n) is 2.77. The Hall–Kier alpha value is -3.04. The Kier molecular flexibility index (Phi) is 4.77. The number of alkyl halides is 3. The first-order valence-electron chi connectivity index (χ1n) is 6.51. The molecule has 2 rings (SSSR count). The van der Waals surface area contributed by atoms with Crippen molar-refractivity contribution in [3.8, 4) is 5.75 Å². The third-order valence-corrected chi connectivity index (χ3v) is 2.77. The van der Waals surface area contributed by atoms with Crippen LogP contribution in [0.1, 0.15) is 16.1 Å². The largest absolute Gasteiger partial charge is 0.482 e. The van der Waals surface area contributed by atoms with Gasteiger partial charge in [0, 0.05) is 0 Å². The molecule has 0 saturated heterocycles. The molecule has 128 valence electrons. The lowest BCUT2D eigenvalue weighted by atomic mass is 10.2.